The van der Waals surface area contributed by atoms with Crippen LogP contribution in [0.4, 0.5) is 0 Å². The van der Waals surface area contributed by atoms with Crippen molar-refractivity contribution in [3.8, 4) is 0 Å². The van der Waals surface area contributed by atoms with Crippen LogP contribution in [0.2, 0.25) is 0 Å². The zero-order valence-corrected chi connectivity index (χ0v) is 8.10. The molecule has 1 fully saturated rings. The zero-order valence-electron chi connectivity index (χ0n) is 8.10. The van der Waals surface area contributed by atoms with Crippen LogP contribution < -0.4 is 10.6 Å². The van der Waals surface area contributed by atoms with E-state index in [9.17, 15) is 0 Å². The molecule has 0 spiro atoms. The lowest BCUT2D eigenvalue weighted by atomic mass is 10.2. The van der Waals surface area contributed by atoms with Gasteiger partial charge in [0.1, 0.15) is 0 Å². The van der Waals surface area contributed by atoms with Crippen LogP contribution >= 0.6 is 0 Å². The molecule has 0 saturated carbocycles. The second kappa shape index (κ2) is 5.51. The highest BCUT2D eigenvalue weighted by atomic mass is 16.5. The van der Waals surface area contributed by atoms with Gasteiger partial charge in [-0.1, -0.05) is 0 Å². The number of methoxy groups -OCH3 is 1. The summed E-state index contributed by atoms with van der Waals surface area (Å²) in [7, 11) is 1.75. The summed E-state index contributed by atoms with van der Waals surface area (Å²) < 4.78 is 5.13. The summed E-state index contributed by atoms with van der Waals surface area (Å²) in [5.41, 5.74) is 0. The van der Waals surface area contributed by atoms with Gasteiger partial charge in [-0.2, -0.15) is 0 Å². The number of nitrogens with one attached hydrogen (secondary N) is 2. The molecule has 0 bridgehead atoms. The Morgan fingerprint density at radius 2 is 2.50 bits per heavy atom. The van der Waals surface area contributed by atoms with E-state index in [2.05, 4.69) is 17.6 Å². The van der Waals surface area contributed by atoms with Crippen LogP contribution in [-0.2, 0) is 4.74 Å². The molecular formula is C9H20N2O. The van der Waals surface area contributed by atoms with Crippen molar-refractivity contribution in [1.82, 2.24) is 10.6 Å². The SMILES string of the molecule is COC(C)CNCC1CCCN1. The Bertz CT molecular complexity index is 113. The molecule has 0 radical (unpaired) electrons. The first-order valence-corrected chi connectivity index (χ1v) is 4.80. The summed E-state index contributed by atoms with van der Waals surface area (Å²) in [6.45, 7) is 5.30. The van der Waals surface area contributed by atoms with Gasteiger partial charge in [0.25, 0.3) is 0 Å². The van der Waals surface area contributed by atoms with Gasteiger partial charge in [0.2, 0.25) is 0 Å². The summed E-state index contributed by atoms with van der Waals surface area (Å²) in [5.74, 6) is 0. The molecule has 1 heterocycles. The van der Waals surface area contributed by atoms with E-state index in [4.69, 9.17) is 4.74 Å². The fourth-order valence-electron chi connectivity index (χ4n) is 1.48. The van der Waals surface area contributed by atoms with Gasteiger partial charge in [0, 0.05) is 26.2 Å². The quantitative estimate of drug-likeness (QED) is 0.628. The van der Waals surface area contributed by atoms with Crippen molar-refractivity contribution in [2.24, 2.45) is 0 Å². The lowest BCUT2D eigenvalue weighted by Gasteiger charge is -2.14. The van der Waals surface area contributed by atoms with Gasteiger partial charge in [0.15, 0.2) is 0 Å². The van der Waals surface area contributed by atoms with Gasteiger partial charge in [0.05, 0.1) is 6.10 Å². The molecule has 1 rings (SSSR count). The fraction of sp³-hybridized carbons (Fsp3) is 1.00. The Morgan fingerprint density at radius 3 is 3.08 bits per heavy atom. The molecular weight excluding hydrogens is 152 g/mol. The van der Waals surface area contributed by atoms with Gasteiger partial charge in [-0.25, -0.2) is 0 Å². The van der Waals surface area contributed by atoms with Crippen molar-refractivity contribution >= 4 is 0 Å². The van der Waals surface area contributed by atoms with Crippen LogP contribution in [0.1, 0.15) is 19.8 Å². The molecule has 0 aliphatic carbocycles. The smallest absolute Gasteiger partial charge is 0.0667 e. The molecule has 3 nitrogen and oxygen atoms in total. The first-order valence-electron chi connectivity index (χ1n) is 4.80. The van der Waals surface area contributed by atoms with Crippen molar-refractivity contribution < 1.29 is 4.74 Å². The highest BCUT2D eigenvalue weighted by Crippen LogP contribution is 2.02. The maximum Gasteiger partial charge on any atom is 0.0667 e. The molecule has 2 N–H and O–H groups in total. The largest absolute Gasteiger partial charge is 0.380 e. The van der Waals surface area contributed by atoms with Crippen LogP contribution in [0.5, 0.6) is 0 Å². The summed E-state index contributed by atoms with van der Waals surface area (Å²) in [6, 6.07) is 0.689. The number of ether oxygens (including phenoxy) is 1. The van der Waals surface area contributed by atoms with Crippen molar-refractivity contribution in [2.75, 3.05) is 26.7 Å². The molecule has 1 aliphatic rings. The standard InChI is InChI=1S/C9H20N2O/c1-8(12-2)6-10-7-9-4-3-5-11-9/h8-11H,3-7H2,1-2H3. The summed E-state index contributed by atoms with van der Waals surface area (Å²) in [4.78, 5) is 0. The van der Waals surface area contributed by atoms with E-state index in [-0.39, 0.29) is 0 Å². The highest BCUT2D eigenvalue weighted by Gasteiger charge is 2.12. The van der Waals surface area contributed by atoms with Crippen LogP contribution in [0, 0.1) is 0 Å². The van der Waals surface area contributed by atoms with Gasteiger partial charge in [-0.3, -0.25) is 0 Å². The van der Waals surface area contributed by atoms with Gasteiger partial charge in [-0.05, 0) is 26.3 Å². The van der Waals surface area contributed by atoms with Crippen LogP contribution in [0.15, 0.2) is 0 Å². The average Bonchev–Trinajstić information content (AvgIpc) is 2.57. The van der Waals surface area contributed by atoms with Gasteiger partial charge < -0.3 is 15.4 Å². The third kappa shape index (κ3) is 3.52. The van der Waals surface area contributed by atoms with Crippen LogP contribution in [-0.4, -0.2) is 38.9 Å². The molecule has 0 amide bonds. The molecule has 3 heteroatoms. The van der Waals surface area contributed by atoms with Crippen LogP contribution in [0.25, 0.3) is 0 Å². The number of rotatable bonds is 5. The van der Waals surface area contributed by atoms with E-state index in [1.807, 2.05) is 0 Å². The lowest BCUT2D eigenvalue weighted by molar-refractivity contribution is 0.117. The second-order valence-electron chi connectivity index (χ2n) is 3.50. The maximum absolute atomic E-state index is 5.13. The molecule has 12 heavy (non-hydrogen) atoms. The average molecular weight is 172 g/mol. The lowest BCUT2D eigenvalue weighted by Crippen LogP contribution is -2.37. The fourth-order valence-corrected chi connectivity index (χ4v) is 1.48. The van der Waals surface area contributed by atoms with E-state index >= 15 is 0 Å². The monoisotopic (exact) mass is 172 g/mol. The minimum atomic E-state index is 0.325. The second-order valence-corrected chi connectivity index (χ2v) is 3.50. The van der Waals surface area contributed by atoms with E-state index in [0.29, 0.717) is 12.1 Å². The predicted molar refractivity (Wildman–Crippen MR) is 50.4 cm³/mol. The predicted octanol–water partition coefficient (Wildman–Crippen LogP) is 0.363. The van der Waals surface area contributed by atoms with E-state index in [0.717, 1.165) is 13.1 Å². The normalized spacial score (nSPS) is 26.0. The molecule has 0 aromatic rings. The maximum atomic E-state index is 5.13. The molecule has 2 atom stereocenters. The van der Waals surface area contributed by atoms with Crippen molar-refractivity contribution in [2.45, 2.75) is 31.9 Å². The molecule has 0 aromatic heterocycles. The number of hydrogen-bond donors (Lipinski definition) is 2. The van der Waals surface area contributed by atoms with E-state index < -0.39 is 0 Å². The summed E-state index contributed by atoms with van der Waals surface area (Å²) >= 11 is 0. The topological polar surface area (TPSA) is 33.3 Å². The van der Waals surface area contributed by atoms with Crippen LogP contribution in [0.3, 0.4) is 0 Å². The van der Waals surface area contributed by atoms with Gasteiger partial charge >= 0.3 is 0 Å². The summed E-state index contributed by atoms with van der Waals surface area (Å²) in [5, 5.41) is 6.84. The minimum absolute atomic E-state index is 0.325. The Kier molecular flexibility index (Phi) is 4.58. The summed E-state index contributed by atoms with van der Waals surface area (Å²) in [6.07, 6.45) is 2.96. The zero-order chi connectivity index (χ0) is 8.81. The Labute approximate surface area is 74.9 Å². The Morgan fingerprint density at radius 1 is 1.67 bits per heavy atom. The minimum Gasteiger partial charge on any atom is -0.380 e. The van der Waals surface area contributed by atoms with E-state index in [1.54, 1.807) is 7.11 Å². The molecule has 1 aliphatic heterocycles. The first-order chi connectivity index (χ1) is 5.83. The van der Waals surface area contributed by atoms with Crippen molar-refractivity contribution in [3.05, 3.63) is 0 Å². The first kappa shape index (κ1) is 9.96. The molecule has 0 aromatic carbocycles. The molecule has 2 unspecified atom stereocenters. The Balaban J connectivity index is 1.94. The van der Waals surface area contributed by atoms with E-state index in [1.165, 1.54) is 19.4 Å². The third-order valence-electron chi connectivity index (χ3n) is 2.39. The Hall–Kier alpha value is -0.120. The molecule has 1 saturated heterocycles. The van der Waals surface area contributed by atoms with Gasteiger partial charge in [-0.15, -0.1) is 0 Å². The van der Waals surface area contributed by atoms with Crippen molar-refractivity contribution in [1.29, 1.82) is 0 Å². The third-order valence-corrected chi connectivity index (χ3v) is 2.39. The highest BCUT2D eigenvalue weighted by molar-refractivity contribution is 4.76. The number of hydrogen-bond acceptors (Lipinski definition) is 3. The molecule has 72 valence electrons. The van der Waals surface area contributed by atoms with Crippen molar-refractivity contribution in [3.63, 3.8) is 0 Å².